The first-order chi connectivity index (χ1) is 13.8. The van der Waals surface area contributed by atoms with Crippen molar-refractivity contribution in [1.29, 1.82) is 0 Å². The molecule has 1 N–H and O–H groups in total. The van der Waals surface area contributed by atoms with Gasteiger partial charge < -0.3 is 10.1 Å². The van der Waals surface area contributed by atoms with Gasteiger partial charge in [-0.25, -0.2) is 8.42 Å². The highest BCUT2D eigenvalue weighted by Gasteiger charge is 2.26. The fraction of sp³-hybridized carbons (Fsp3) is 0.381. The van der Waals surface area contributed by atoms with Crippen molar-refractivity contribution in [2.45, 2.75) is 38.0 Å². The number of hydrogen-bond acceptors (Lipinski definition) is 4. The molecule has 0 spiro atoms. The maximum absolute atomic E-state index is 12.7. The first kappa shape index (κ1) is 21.6. The van der Waals surface area contributed by atoms with E-state index in [1.165, 1.54) is 22.5 Å². The van der Waals surface area contributed by atoms with E-state index in [1.54, 1.807) is 0 Å². The van der Waals surface area contributed by atoms with E-state index in [4.69, 9.17) is 16.3 Å². The van der Waals surface area contributed by atoms with Gasteiger partial charge in [-0.3, -0.25) is 4.79 Å². The zero-order chi connectivity index (χ0) is 21.0. The standard InChI is InChI=1S/C21H25ClN2O4S/c1-15-6-8-19(16(2)12-15)23-21(25)14-28-20-9-7-17(13-18(20)22)29(26,27)24-10-4-3-5-11-24/h6-9,12-13H,3-5,10-11,14H2,1-2H3,(H,23,25). The van der Waals surface area contributed by atoms with Crippen LogP contribution >= 0.6 is 11.6 Å². The Morgan fingerprint density at radius 2 is 1.83 bits per heavy atom. The van der Waals surface area contributed by atoms with Crippen LogP contribution in [-0.2, 0) is 14.8 Å². The Labute approximate surface area is 176 Å². The third-order valence-corrected chi connectivity index (χ3v) is 7.06. The maximum Gasteiger partial charge on any atom is 0.262 e. The molecule has 1 amide bonds. The molecule has 1 saturated heterocycles. The lowest BCUT2D eigenvalue weighted by Gasteiger charge is -2.26. The van der Waals surface area contributed by atoms with Crippen LogP contribution in [0.3, 0.4) is 0 Å². The number of aryl methyl sites for hydroxylation is 2. The van der Waals surface area contributed by atoms with E-state index in [2.05, 4.69) is 5.32 Å². The predicted octanol–water partition coefficient (Wildman–Crippen LogP) is 4.15. The Morgan fingerprint density at radius 3 is 2.48 bits per heavy atom. The molecule has 0 unspecified atom stereocenters. The number of halogens is 1. The van der Waals surface area contributed by atoms with E-state index in [9.17, 15) is 13.2 Å². The molecule has 0 bridgehead atoms. The molecular formula is C21H25ClN2O4S. The van der Waals surface area contributed by atoms with Gasteiger partial charge in [0, 0.05) is 18.8 Å². The van der Waals surface area contributed by atoms with Gasteiger partial charge in [-0.2, -0.15) is 4.31 Å². The normalized spacial score (nSPS) is 15.1. The summed E-state index contributed by atoms with van der Waals surface area (Å²) in [6.07, 6.45) is 2.77. The van der Waals surface area contributed by atoms with Crippen molar-refractivity contribution >= 4 is 33.2 Å². The highest BCUT2D eigenvalue weighted by Crippen LogP contribution is 2.29. The average molecular weight is 437 g/mol. The fourth-order valence-electron chi connectivity index (χ4n) is 3.30. The summed E-state index contributed by atoms with van der Waals surface area (Å²) >= 11 is 6.22. The van der Waals surface area contributed by atoms with E-state index in [1.807, 2.05) is 32.0 Å². The summed E-state index contributed by atoms with van der Waals surface area (Å²) in [5.41, 5.74) is 2.80. The number of nitrogens with zero attached hydrogens (tertiary/aromatic N) is 1. The molecule has 1 aliphatic rings. The Hall–Kier alpha value is -2.09. The second kappa shape index (κ2) is 9.15. The molecule has 2 aromatic carbocycles. The van der Waals surface area contributed by atoms with Crippen LogP contribution in [0.4, 0.5) is 5.69 Å². The molecule has 2 aromatic rings. The van der Waals surface area contributed by atoms with Crippen LogP contribution in [0.2, 0.25) is 5.02 Å². The number of ether oxygens (including phenoxy) is 1. The van der Waals surface area contributed by atoms with Gasteiger partial charge in [-0.15, -0.1) is 0 Å². The Balaban J connectivity index is 1.64. The molecule has 6 nitrogen and oxygen atoms in total. The Bertz CT molecular complexity index is 1000. The first-order valence-corrected chi connectivity index (χ1v) is 11.4. The molecule has 0 saturated carbocycles. The van der Waals surface area contributed by atoms with Gasteiger partial charge >= 0.3 is 0 Å². The number of piperidine rings is 1. The average Bonchev–Trinajstić information content (AvgIpc) is 2.70. The largest absolute Gasteiger partial charge is 0.482 e. The number of rotatable bonds is 6. The SMILES string of the molecule is Cc1ccc(NC(=O)COc2ccc(S(=O)(=O)N3CCCCC3)cc2Cl)c(C)c1. The summed E-state index contributed by atoms with van der Waals surface area (Å²) in [4.78, 5) is 12.3. The second-order valence-electron chi connectivity index (χ2n) is 7.21. The molecule has 0 radical (unpaired) electrons. The van der Waals surface area contributed by atoms with Crippen molar-refractivity contribution < 1.29 is 17.9 Å². The smallest absolute Gasteiger partial charge is 0.262 e. The van der Waals surface area contributed by atoms with E-state index >= 15 is 0 Å². The van der Waals surface area contributed by atoms with Crippen LogP contribution in [0.5, 0.6) is 5.75 Å². The van der Waals surface area contributed by atoms with Crippen molar-refractivity contribution in [3.8, 4) is 5.75 Å². The molecule has 8 heteroatoms. The maximum atomic E-state index is 12.7. The summed E-state index contributed by atoms with van der Waals surface area (Å²) < 4.78 is 32.5. The van der Waals surface area contributed by atoms with Gasteiger partial charge in [0.05, 0.1) is 9.92 Å². The zero-order valence-electron chi connectivity index (χ0n) is 16.6. The van der Waals surface area contributed by atoms with Crippen LogP contribution in [0.15, 0.2) is 41.3 Å². The van der Waals surface area contributed by atoms with Crippen molar-refractivity contribution in [2.75, 3.05) is 25.0 Å². The quantitative estimate of drug-likeness (QED) is 0.738. The highest BCUT2D eigenvalue weighted by atomic mass is 35.5. The summed E-state index contributed by atoms with van der Waals surface area (Å²) in [6, 6.07) is 10.1. The van der Waals surface area contributed by atoms with E-state index in [0.29, 0.717) is 13.1 Å². The van der Waals surface area contributed by atoms with E-state index < -0.39 is 10.0 Å². The first-order valence-electron chi connectivity index (χ1n) is 9.57. The molecule has 29 heavy (non-hydrogen) atoms. The van der Waals surface area contributed by atoms with Gasteiger partial charge in [0.1, 0.15) is 5.75 Å². The minimum atomic E-state index is -3.57. The lowest BCUT2D eigenvalue weighted by Crippen LogP contribution is -2.35. The van der Waals surface area contributed by atoms with E-state index in [-0.39, 0.29) is 28.2 Å². The molecule has 1 aliphatic heterocycles. The van der Waals surface area contributed by atoms with Gasteiger partial charge in [-0.1, -0.05) is 35.7 Å². The summed E-state index contributed by atoms with van der Waals surface area (Å²) in [5.74, 6) is -0.0573. The van der Waals surface area contributed by atoms with Crippen LogP contribution in [-0.4, -0.2) is 38.3 Å². The van der Waals surface area contributed by atoms with Crippen LogP contribution in [0.25, 0.3) is 0 Å². The number of sulfonamides is 1. The van der Waals surface area contributed by atoms with Crippen LogP contribution in [0.1, 0.15) is 30.4 Å². The molecular weight excluding hydrogens is 412 g/mol. The number of anilines is 1. The molecule has 1 fully saturated rings. The Kier molecular flexibility index (Phi) is 6.82. The minimum absolute atomic E-state index is 0.136. The summed E-state index contributed by atoms with van der Waals surface area (Å²) in [5, 5.41) is 2.95. The van der Waals surface area contributed by atoms with Gasteiger partial charge in [-0.05, 0) is 56.5 Å². The summed E-state index contributed by atoms with van der Waals surface area (Å²) in [7, 11) is -3.57. The van der Waals surface area contributed by atoms with Crippen molar-refractivity contribution in [2.24, 2.45) is 0 Å². The van der Waals surface area contributed by atoms with Crippen LogP contribution in [0, 0.1) is 13.8 Å². The molecule has 0 aromatic heterocycles. The molecule has 3 rings (SSSR count). The number of hydrogen-bond donors (Lipinski definition) is 1. The van der Waals surface area contributed by atoms with Crippen LogP contribution < -0.4 is 10.1 Å². The third kappa shape index (κ3) is 5.29. The second-order valence-corrected chi connectivity index (χ2v) is 9.56. The molecule has 156 valence electrons. The monoisotopic (exact) mass is 436 g/mol. The Morgan fingerprint density at radius 1 is 1.10 bits per heavy atom. The van der Waals surface area contributed by atoms with Gasteiger partial charge in [0.2, 0.25) is 10.0 Å². The van der Waals surface area contributed by atoms with Gasteiger partial charge in [0.25, 0.3) is 5.91 Å². The topological polar surface area (TPSA) is 75.7 Å². The number of nitrogens with one attached hydrogen (secondary N) is 1. The zero-order valence-corrected chi connectivity index (χ0v) is 18.1. The van der Waals surface area contributed by atoms with Crippen molar-refractivity contribution in [1.82, 2.24) is 4.31 Å². The summed E-state index contributed by atoms with van der Waals surface area (Å²) in [6.45, 7) is 4.72. The third-order valence-electron chi connectivity index (χ3n) is 4.87. The lowest BCUT2D eigenvalue weighted by molar-refractivity contribution is -0.118. The predicted molar refractivity (Wildman–Crippen MR) is 114 cm³/mol. The fourth-order valence-corrected chi connectivity index (χ4v) is 5.14. The number of amides is 1. The van der Waals surface area contributed by atoms with E-state index in [0.717, 1.165) is 36.1 Å². The number of benzene rings is 2. The van der Waals surface area contributed by atoms with Crippen molar-refractivity contribution in [3.05, 3.63) is 52.5 Å². The minimum Gasteiger partial charge on any atom is -0.482 e. The lowest BCUT2D eigenvalue weighted by atomic mass is 10.1. The number of carbonyl (C=O) groups is 1. The number of carbonyl (C=O) groups excluding carboxylic acids is 1. The molecule has 0 aliphatic carbocycles. The molecule has 0 atom stereocenters. The van der Waals surface area contributed by atoms with Gasteiger partial charge in [0.15, 0.2) is 6.61 Å². The van der Waals surface area contributed by atoms with Crippen molar-refractivity contribution in [3.63, 3.8) is 0 Å². The highest BCUT2D eigenvalue weighted by molar-refractivity contribution is 7.89. The molecule has 1 heterocycles.